The second-order valence-corrected chi connectivity index (χ2v) is 16.5. The highest BCUT2D eigenvalue weighted by atomic mass is 33.1. The molecule has 30 heteroatoms. The number of carbonyl (C=O) groups is 12. The minimum atomic E-state index is -1.75. The first-order valence-corrected chi connectivity index (χ1v) is 22.3. The first-order valence-electron chi connectivity index (χ1n) is 19.8. The summed E-state index contributed by atoms with van der Waals surface area (Å²) in [4.78, 5) is 147. The highest BCUT2D eigenvalue weighted by molar-refractivity contribution is 8.76. The Kier molecular flexibility index (Phi) is 24.1. The second kappa shape index (κ2) is 28.3. The average Bonchev–Trinajstić information content (AvgIpc) is 3.22. The molecule has 0 saturated carbocycles. The van der Waals surface area contributed by atoms with Crippen LogP contribution in [0.1, 0.15) is 55.4 Å². The predicted octanol–water partition coefficient (Wildman–Crippen LogP) is -0.930. The van der Waals surface area contributed by atoms with Crippen LogP contribution in [0.5, 0.6) is 0 Å². The van der Waals surface area contributed by atoms with Crippen LogP contribution in [-0.4, -0.2) is 184 Å². The molecule has 68 heavy (non-hydrogen) atoms. The fourth-order valence-corrected chi connectivity index (χ4v) is 8.33. The Morgan fingerprint density at radius 3 is 0.941 bits per heavy atom. The van der Waals surface area contributed by atoms with Gasteiger partial charge in [-0.25, -0.2) is 19.2 Å². The van der Waals surface area contributed by atoms with Crippen molar-refractivity contribution in [1.82, 2.24) is 10.6 Å². The van der Waals surface area contributed by atoms with Crippen molar-refractivity contribution in [3.8, 4) is 0 Å². The Hall–Kier alpha value is -6.14. The molecular formula is C38H52N2O26S2. The van der Waals surface area contributed by atoms with E-state index in [-0.39, 0.29) is 11.5 Å². The quantitative estimate of drug-likeness (QED) is 0.0607. The number of hydrogen-bond acceptors (Lipinski definition) is 28. The third-order valence-corrected chi connectivity index (χ3v) is 10.8. The number of esters is 10. The van der Waals surface area contributed by atoms with Crippen LogP contribution >= 0.6 is 21.6 Å². The van der Waals surface area contributed by atoms with Gasteiger partial charge in [-0.1, -0.05) is 21.6 Å². The van der Waals surface area contributed by atoms with E-state index in [4.69, 9.17) is 66.3 Å². The van der Waals surface area contributed by atoms with Gasteiger partial charge in [0.1, 0.15) is 37.5 Å². The van der Waals surface area contributed by atoms with Crippen molar-refractivity contribution >= 4 is 93.5 Å². The molecule has 2 aliphatic rings. The van der Waals surface area contributed by atoms with E-state index < -0.39 is 159 Å². The predicted molar refractivity (Wildman–Crippen MR) is 220 cm³/mol. The van der Waals surface area contributed by atoms with Crippen LogP contribution in [0, 0.1) is 0 Å². The van der Waals surface area contributed by atoms with E-state index in [2.05, 4.69) is 10.6 Å². The molecule has 0 spiro atoms. The van der Waals surface area contributed by atoms with Gasteiger partial charge < -0.3 is 76.9 Å². The average molecular weight is 1020 g/mol. The molecule has 0 aliphatic carbocycles. The fraction of sp³-hybridized carbons (Fsp3) is 0.684. The molecule has 382 valence electrons. The maximum Gasteiger partial charge on any atom is 0.407 e. The summed E-state index contributed by atoms with van der Waals surface area (Å²) in [5.74, 6) is -9.84. The molecule has 2 heterocycles. The third-order valence-electron chi connectivity index (χ3n) is 8.42. The molecule has 2 fully saturated rings. The minimum Gasteiger partial charge on any atom is -0.467 e. The molecule has 2 saturated heterocycles. The van der Waals surface area contributed by atoms with Gasteiger partial charge in [-0.15, -0.1) is 0 Å². The summed E-state index contributed by atoms with van der Waals surface area (Å²) in [6, 6.07) is -2.86. The number of alkyl carbamates (subject to hydrolysis) is 2. The SMILES string of the molecule is COC(=O)C(CSSCC(NC(=O)OCC1OC(OC(C)=O)C(OC(C)=O)C(OC(C)=O)C1OC(C)=O)C(=O)OC)NC(=O)OCC1OC(OC(C)=O)C(OC(C)=O)C(OC(C)=O)C1OC(C)=O. The van der Waals surface area contributed by atoms with Gasteiger partial charge in [-0.05, 0) is 0 Å². The summed E-state index contributed by atoms with van der Waals surface area (Å²) in [5, 5.41) is 4.53. The topological polar surface area (TPSA) is 358 Å². The van der Waals surface area contributed by atoms with Crippen molar-refractivity contribution in [2.45, 2.75) is 129 Å². The summed E-state index contributed by atoms with van der Waals surface area (Å²) in [6.07, 6.45) is -18.8. The Bertz CT molecular complexity index is 1740. The molecule has 0 radical (unpaired) electrons. The molecule has 2 amide bonds. The molecule has 2 rings (SSSR count). The third kappa shape index (κ3) is 19.6. The van der Waals surface area contributed by atoms with Crippen LogP contribution in [0.25, 0.3) is 0 Å². The lowest BCUT2D eigenvalue weighted by atomic mass is 9.98. The summed E-state index contributed by atoms with van der Waals surface area (Å²) in [6.45, 7) is 6.38. The first kappa shape index (κ1) is 58.0. The fourth-order valence-electron chi connectivity index (χ4n) is 6.03. The van der Waals surface area contributed by atoms with Crippen LogP contribution in [-0.2, 0) is 114 Å². The van der Waals surface area contributed by atoms with E-state index in [0.717, 1.165) is 91.2 Å². The zero-order chi connectivity index (χ0) is 51.4. The van der Waals surface area contributed by atoms with Crippen molar-refractivity contribution in [3.63, 3.8) is 0 Å². The first-order chi connectivity index (χ1) is 31.9. The number of amides is 2. The zero-order valence-electron chi connectivity index (χ0n) is 38.2. The molecule has 0 aromatic rings. The van der Waals surface area contributed by atoms with Crippen molar-refractivity contribution in [2.75, 3.05) is 38.9 Å². The maximum atomic E-state index is 13.0. The highest BCUT2D eigenvalue weighted by Crippen LogP contribution is 2.32. The van der Waals surface area contributed by atoms with E-state index in [1.165, 1.54) is 0 Å². The van der Waals surface area contributed by atoms with Crippen LogP contribution in [0.2, 0.25) is 0 Å². The van der Waals surface area contributed by atoms with Gasteiger partial charge in [-0.3, -0.25) is 38.4 Å². The largest absolute Gasteiger partial charge is 0.467 e. The van der Waals surface area contributed by atoms with Crippen LogP contribution in [0.3, 0.4) is 0 Å². The summed E-state index contributed by atoms with van der Waals surface area (Å²) in [7, 11) is 3.83. The number of nitrogens with one attached hydrogen (secondary N) is 2. The monoisotopic (exact) mass is 1020 g/mol. The molecular weight excluding hydrogens is 965 g/mol. The lowest BCUT2D eigenvalue weighted by Gasteiger charge is -2.43. The Morgan fingerprint density at radius 1 is 0.412 bits per heavy atom. The molecule has 0 bridgehead atoms. The van der Waals surface area contributed by atoms with Crippen molar-refractivity contribution in [2.24, 2.45) is 0 Å². The summed E-state index contributed by atoms with van der Waals surface area (Å²) in [5.41, 5.74) is 0. The van der Waals surface area contributed by atoms with E-state index in [1.807, 2.05) is 0 Å². The lowest BCUT2D eigenvalue weighted by Crippen LogP contribution is -2.63. The number of carbonyl (C=O) groups excluding carboxylic acids is 12. The van der Waals surface area contributed by atoms with Crippen LogP contribution in [0.15, 0.2) is 0 Å². The molecule has 28 nitrogen and oxygen atoms in total. The molecule has 12 atom stereocenters. The van der Waals surface area contributed by atoms with E-state index in [0.29, 0.717) is 0 Å². The molecule has 12 unspecified atom stereocenters. The molecule has 2 aliphatic heterocycles. The zero-order valence-corrected chi connectivity index (χ0v) is 39.8. The van der Waals surface area contributed by atoms with Gasteiger partial charge in [-0.2, -0.15) is 0 Å². The second-order valence-electron chi connectivity index (χ2n) is 14.0. The Balaban J connectivity index is 2.16. The molecule has 0 aromatic heterocycles. The van der Waals surface area contributed by atoms with Gasteiger partial charge in [0.15, 0.2) is 24.4 Å². The number of rotatable bonds is 21. The number of hydrogen-bond donors (Lipinski definition) is 2. The molecule has 0 aromatic carbocycles. The molecule has 2 N–H and O–H groups in total. The van der Waals surface area contributed by atoms with E-state index in [9.17, 15) is 57.5 Å². The Labute approximate surface area is 395 Å². The smallest absolute Gasteiger partial charge is 0.407 e. The number of methoxy groups -OCH3 is 2. The van der Waals surface area contributed by atoms with E-state index in [1.54, 1.807) is 0 Å². The van der Waals surface area contributed by atoms with Crippen molar-refractivity contribution in [3.05, 3.63) is 0 Å². The van der Waals surface area contributed by atoms with Crippen molar-refractivity contribution < 1.29 is 124 Å². The maximum absolute atomic E-state index is 13.0. The van der Waals surface area contributed by atoms with Gasteiger partial charge in [0.2, 0.25) is 24.8 Å². The van der Waals surface area contributed by atoms with Gasteiger partial charge in [0, 0.05) is 66.9 Å². The van der Waals surface area contributed by atoms with E-state index >= 15 is 0 Å². The normalized spacial score (nSPS) is 24.9. The van der Waals surface area contributed by atoms with Gasteiger partial charge >= 0.3 is 71.9 Å². The summed E-state index contributed by atoms with van der Waals surface area (Å²) >= 11 is 0. The van der Waals surface area contributed by atoms with Gasteiger partial charge in [0.05, 0.1) is 14.2 Å². The minimum absolute atomic E-state index is 0.258. The summed E-state index contributed by atoms with van der Waals surface area (Å²) < 4.78 is 73.1. The van der Waals surface area contributed by atoms with Crippen LogP contribution in [0.4, 0.5) is 9.59 Å². The highest BCUT2D eigenvalue weighted by Gasteiger charge is 2.55. The number of ether oxygens (including phenoxy) is 14. The Morgan fingerprint density at radius 2 is 0.676 bits per heavy atom. The standard InChI is InChI=1S/C38H52N2O26S2/c1-15(41)57-27-25(65-35(63-21(7)47)31(61-19(5)45)29(27)59-17(3)43)11-55-37(51)39-23(33(49)53-9)13-67-68-14-24(34(50)54-10)40-38(52)56-12-26-28(58-16(2)42)30(60-18(4)44)32(62-20(6)46)36(66-26)64-22(8)48/h23-32,35-36H,11-14H2,1-10H3,(H,39,51)(H,40,52). The lowest BCUT2D eigenvalue weighted by molar-refractivity contribution is -0.299. The van der Waals surface area contributed by atoms with Crippen LogP contribution < -0.4 is 10.6 Å². The van der Waals surface area contributed by atoms with Gasteiger partial charge in [0.25, 0.3) is 0 Å². The van der Waals surface area contributed by atoms with Crippen molar-refractivity contribution in [1.29, 1.82) is 0 Å².